The lowest BCUT2D eigenvalue weighted by Gasteiger charge is -2.10. The van der Waals surface area contributed by atoms with Crippen LogP contribution < -0.4 is 9.47 Å². The van der Waals surface area contributed by atoms with E-state index >= 15 is 0 Å². The molecule has 0 saturated heterocycles. The van der Waals surface area contributed by atoms with Crippen molar-refractivity contribution in [2.45, 2.75) is 6.92 Å². The first-order chi connectivity index (χ1) is 12.5. The zero-order valence-electron chi connectivity index (χ0n) is 14.0. The maximum atomic E-state index is 12.1. The number of hydrogen-bond acceptors (Lipinski definition) is 6. The summed E-state index contributed by atoms with van der Waals surface area (Å²) in [5.74, 6) is -0.122. The Kier molecular flexibility index (Phi) is 5.18. The smallest absolute Gasteiger partial charge is 0.363 e. The molecule has 0 saturated carbocycles. The first kappa shape index (κ1) is 17.9. The van der Waals surface area contributed by atoms with Crippen LogP contribution in [0, 0.1) is 0 Å². The minimum absolute atomic E-state index is 0.159. The van der Waals surface area contributed by atoms with Crippen LogP contribution in [0.5, 0.6) is 11.5 Å². The Morgan fingerprint density at radius 1 is 1.19 bits per heavy atom. The van der Waals surface area contributed by atoms with Crippen LogP contribution in [-0.4, -0.2) is 24.9 Å². The van der Waals surface area contributed by atoms with E-state index in [1.54, 1.807) is 18.2 Å². The normalized spacial score (nSPS) is 14.8. The Hall–Kier alpha value is -2.93. The van der Waals surface area contributed by atoms with Crippen molar-refractivity contribution in [3.63, 3.8) is 0 Å². The van der Waals surface area contributed by atoms with Crippen molar-refractivity contribution in [3.8, 4) is 11.5 Å². The van der Waals surface area contributed by atoms with E-state index in [0.717, 1.165) is 0 Å². The minimum atomic E-state index is -0.543. The molecule has 132 valence electrons. The molecule has 0 unspecified atom stereocenters. The molecular formula is C19H14BrNO5. The number of aliphatic imine (C=N–C) groups is 1. The van der Waals surface area contributed by atoms with Crippen LogP contribution in [-0.2, 0) is 14.3 Å². The van der Waals surface area contributed by atoms with E-state index in [0.29, 0.717) is 21.3 Å². The van der Waals surface area contributed by atoms with Crippen molar-refractivity contribution in [3.05, 3.63) is 63.8 Å². The largest absolute Gasteiger partial charge is 0.493 e. The Morgan fingerprint density at radius 2 is 1.92 bits per heavy atom. The monoisotopic (exact) mass is 415 g/mol. The second-order valence-electron chi connectivity index (χ2n) is 5.32. The minimum Gasteiger partial charge on any atom is -0.493 e. The molecule has 0 aromatic heterocycles. The van der Waals surface area contributed by atoms with Crippen molar-refractivity contribution in [1.82, 2.24) is 0 Å². The van der Waals surface area contributed by atoms with Crippen LogP contribution in [0.1, 0.15) is 18.1 Å². The Morgan fingerprint density at radius 3 is 2.58 bits per heavy atom. The van der Waals surface area contributed by atoms with Gasteiger partial charge in [-0.2, -0.15) is 0 Å². The fourth-order valence-corrected chi connectivity index (χ4v) is 2.75. The topological polar surface area (TPSA) is 74.2 Å². The third-order valence-electron chi connectivity index (χ3n) is 3.47. The number of rotatable bonds is 4. The zero-order valence-corrected chi connectivity index (χ0v) is 15.6. The number of carbonyl (C=O) groups excluding carboxylic acids is 2. The van der Waals surface area contributed by atoms with Crippen molar-refractivity contribution in [2.75, 3.05) is 7.11 Å². The summed E-state index contributed by atoms with van der Waals surface area (Å²) in [6, 6.07) is 12.4. The van der Waals surface area contributed by atoms with Gasteiger partial charge in [0, 0.05) is 17.0 Å². The lowest BCUT2D eigenvalue weighted by Crippen LogP contribution is -2.05. The van der Waals surface area contributed by atoms with Gasteiger partial charge in [-0.25, -0.2) is 9.79 Å². The van der Waals surface area contributed by atoms with Gasteiger partial charge in [0.2, 0.25) is 5.90 Å². The predicted octanol–water partition coefficient (Wildman–Crippen LogP) is 3.73. The molecular weight excluding hydrogens is 402 g/mol. The number of cyclic esters (lactones) is 1. The highest BCUT2D eigenvalue weighted by Crippen LogP contribution is 2.35. The van der Waals surface area contributed by atoms with Gasteiger partial charge in [-0.3, -0.25) is 4.79 Å². The van der Waals surface area contributed by atoms with E-state index in [2.05, 4.69) is 20.9 Å². The summed E-state index contributed by atoms with van der Waals surface area (Å²) < 4.78 is 16.2. The maximum Gasteiger partial charge on any atom is 0.363 e. The molecule has 3 rings (SSSR count). The number of carbonyl (C=O) groups is 2. The molecule has 0 atom stereocenters. The molecule has 1 aliphatic heterocycles. The zero-order chi connectivity index (χ0) is 18.7. The molecule has 0 radical (unpaired) electrons. The summed E-state index contributed by atoms with van der Waals surface area (Å²) in [5, 5.41) is 0. The SMILES string of the molecule is COc1cc(/C=C2\N=C(c3ccccc3)OC2=O)c(Br)cc1OC(C)=O. The number of esters is 2. The molecule has 6 nitrogen and oxygen atoms in total. The number of methoxy groups -OCH3 is 1. The summed E-state index contributed by atoms with van der Waals surface area (Å²) in [6.45, 7) is 1.30. The van der Waals surface area contributed by atoms with E-state index in [-0.39, 0.29) is 17.3 Å². The van der Waals surface area contributed by atoms with Crippen LogP contribution in [0.4, 0.5) is 0 Å². The molecule has 0 bridgehead atoms. The van der Waals surface area contributed by atoms with Crippen LogP contribution in [0.25, 0.3) is 6.08 Å². The van der Waals surface area contributed by atoms with Gasteiger partial charge < -0.3 is 14.2 Å². The fraction of sp³-hybridized carbons (Fsp3) is 0.105. The van der Waals surface area contributed by atoms with Crippen molar-refractivity contribution < 1.29 is 23.8 Å². The Balaban J connectivity index is 1.98. The third-order valence-corrected chi connectivity index (χ3v) is 4.16. The lowest BCUT2D eigenvalue weighted by atomic mass is 10.1. The standard InChI is InChI=1S/C19H14BrNO5/c1-11(22)25-17-10-14(20)13(9-16(17)24-2)8-15-19(23)26-18(21-15)12-6-4-3-5-7-12/h3-10H,1-2H3/b15-8-. The van der Waals surface area contributed by atoms with E-state index < -0.39 is 11.9 Å². The highest BCUT2D eigenvalue weighted by Gasteiger charge is 2.24. The molecule has 2 aromatic carbocycles. The van der Waals surface area contributed by atoms with Gasteiger partial charge in [0.15, 0.2) is 17.2 Å². The second-order valence-corrected chi connectivity index (χ2v) is 6.17. The number of benzene rings is 2. The highest BCUT2D eigenvalue weighted by atomic mass is 79.9. The average Bonchev–Trinajstić information content (AvgIpc) is 2.98. The van der Waals surface area contributed by atoms with Crippen LogP contribution in [0.15, 0.2) is 57.6 Å². The molecule has 2 aromatic rings. The van der Waals surface area contributed by atoms with E-state index in [4.69, 9.17) is 14.2 Å². The van der Waals surface area contributed by atoms with Gasteiger partial charge in [0.1, 0.15) is 0 Å². The third kappa shape index (κ3) is 3.83. The van der Waals surface area contributed by atoms with E-state index in [9.17, 15) is 9.59 Å². The van der Waals surface area contributed by atoms with Gasteiger partial charge in [0.05, 0.1) is 7.11 Å². The van der Waals surface area contributed by atoms with Crippen LogP contribution >= 0.6 is 15.9 Å². The maximum absolute atomic E-state index is 12.1. The Labute approximate surface area is 158 Å². The van der Waals surface area contributed by atoms with Gasteiger partial charge in [-0.05, 0) is 35.9 Å². The summed E-state index contributed by atoms with van der Waals surface area (Å²) in [6.07, 6.45) is 1.57. The molecule has 0 N–H and O–H groups in total. The van der Waals surface area contributed by atoms with Gasteiger partial charge in [0.25, 0.3) is 0 Å². The van der Waals surface area contributed by atoms with Gasteiger partial charge in [-0.1, -0.05) is 34.1 Å². The molecule has 1 heterocycles. The van der Waals surface area contributed by atoms with E-state index in [1.807, 2.05) is 30.3 Å². The van der Waals surface area contributed by atoms with Crippen LogP contribution in [0.2, 0.25) is 0 Å². The fourth-order valence-electron chi connectivity index (χ4n) is 2.32. The summed E-state index contributed by atoms with van der Waals surface area (Å²) in [4.78, 5) is 27.6. The summed E-state index contributed by atoms with van der Waals surface area (Å²) in [7, 11) is 1.46. The lowest BCUT2D eigenvalue weighted by molar-refractivity contribution is -0.132. The molecule has 7 heteroatoms. The average molecular weight is 416 g/mol. The van der Waals surface area contributed by atoms with Crippen molar-refractivity contribution in [2.24, 2.45) is 4.99 Å². The second kappa shape index (κ2) is 7.53. The molecule has 26 heavy (non-hydrogen) atoms. The van der Waals surface area contributed by atoms with Crippen molar-refractivity contribution >= 4 is 39.8 Å². The van der Waals surface area contributed by atoms with Crippen molar-refractivity contribution in [1.29, 1.82) is 0 Å². The molecule has 1 aliphatic rings. The molecule has 0 amide bonds. The molecule has 0 fully saturated rings. The highest BCUT2D eigenvalue weighted by molar-refractivity contribution is 9.10. The van der Waals surface area contributed by atoms with Crippen LogP contribution in [0.3, 0.4) is 0 Å². The summed E-state index contributed by atoms with van der Waals surface area (Å²) in [5.41, 5.74) is 1.50. The number of nitrogens with zero attached hydrogens (tertiary/aromatic N) is 1. The Bertz CT molecular complexity index is 934. The van der Waals surface area contributed by atoms with Gasteiger partial charge >= 0.3 is 11.9 Å². The number of ether oxygens (including phenoxy) is 3. The first-order valence-electron chi connectivity index (χ1n) is 7.62. The predicted molar refractivity (Wildman–Crippen MR) is 99.1 cm³/mol. The molecule has 0 spiro atoms. The number of hydrogen-bond donors (Lipinski definition) is 0. The summed E-state index contributed by atoms with van der Waals surface area (Å²) >= 11 is 3.40. The molecule has 0 aliphatic carbocycles. The first-order valence-corrected chi connectivity index (χ1v) is 8.41. The van der Waals surface area contributed by atoms with Gasteiger partial charge in [-0.15, -0.1) is 0 Å². The van der Waals surface area contributed by atoms with E-state index in [1.165, 1.54) is 14.0 Å². The quantitative estimate of drug-likeness (QED) is 0.432. The number of halogens is 1.